The summed E-state index contributed by atoms with van der Waals surface area (Å²) in [6.45, 7) is 2.30. The molecule has 0 radical (unpaired) electrons. The van der Waals surface area contributed by atoms with Crippen LogP contribution < -0.4 is 5.32 Å². The van der Waals surface area contributed by atoms with E-state index in [-0.39, 0.29) is 6.04 Å². The maximum absolute atomic E-state index is 6.08. The summed E-state index contributed by atoms with van der Waals surface area (Å²) in [5.74, 6) is 0. The van der Waals surface area contributed by atoms with Crippen LogP contribution in [0.25, 0.3) is 0 Å². The average Bonchev–Trinajstić information content (AvgIpc) is 2.19. The molecular formula is C10H11Cl2NO. The molecule has 0 amide bonds. The van der Waals surface area contributed by atoms with Crippen molar-refractivity contribution >= 4 is 23.2 Å². The van der Waals surface area contributed by atoms with Crippen LogP contribution in [0, 0.1) is 0 Å². The van der Waals surface area contributed by atoms with Crippen molar-refractivity contribution in [2.75, 3.05) is 19.8 Å². The molecule has 1 aliphatic rings. The third-order valence-corrected chi connectivity index (χ3v) is 2.82. The molecule has 1 aliphatic heterocycles. The van der Waals surface area contributed by atoms with Gasteiger partial charge < -0.3 is 10.1 Å². The van der Waals surface area contributed by atoms with Crippen molar-refractivity contribution in [1.82, 2.24) is 5.32 Å². The lowest BCUT2D eigenvalue weighted by Crippen LogP contribution is -2.34. The van der Waals surface area contributed by atoms with Crippen LogP contribution in [0.4, 0.5) is 0 Å². The van der Waals surface area contributed by atoms with E-state index in [1.807, 2.05) is 12.1 Å². The molecule has 0 aromatic heterocycles. The molecule has 0 spiro atoms. The van der Waals surface area contributed by atoms with Gasteiger partial charge in [0.1, 0.15) is 0 Å². The fourth-order valence-electron chi connectivity index (χ4n) is 1.55. The number of hydrogen-bond donors (Lipinski definition) is 1. The molecule has 1 fully saturated rings. The Morgan fingerprint density at radius 1 is 1.36 bits per heavy atom. The zero-order valence-electron chi connectivity index (χ0n) is 7.59. The van der Waals surface area contributed by atoms with Crippen LogP contribution in [0.2, 0.25) is 10.0 Å². The van der Waals surface area contributed by atoms with Gasteiger partial charge in [0.05, 0.1) is 19.3 Å². The summed E-state index contributed by atoms with van der Waals surface area (Å²) in [4.78, 5) is 0. The van der Waals surface area contributed by atoms with E-state index in [0.717, 1.165) is 18.7 Å². The van der Waals surface area contributed by atoms with Gasteiger partial charge in [0.2, 0.25) is 0 Å². The van der Waals surface area contributed by atoms with Gasteiger partial charge in [0.25, 0.3) is 0 Å². The molecule has 2 nitrogen and oxygen atoms in total. The van der Waals surface area contributed by atoms with Crippen LogP contribution in [0.1, 0.15) is 11.6 Å². The molecule has 1 atom stereocenters. The second-order valence-electron chi connectivity index (χ2n) is 3.25. The van der Waals surface area contributed by atoms with Gasteiger partial charge in [-0.3, -0.25) is 0 Å². The van der Waals surface area contributed by atoms with E-state index < -0.39 is 0 Å². The standard InChI is InChI=1S/C10H11Cl2NO/c11-7-1-2-8(9(12)5-7)10-6-14-4-3-13-10/h1-2,5,10,13H,3-4,6H2/t10-/m0/s1. The Morgan fingerprint density at radius 3 is 2.86 bits per heavy atom. The molecular weight excluding hydrogens is 221 g/mol. The first-order valence-electron chi connectivity index (χ1n) is 4.53. The van der Waals surface area contributed by atoms with Crippen LogP contribution in [0.5, 0.6) is 0 Å². The zero-order chi connectivity index (χ0) is 9.97. The Balaban J connectivity index is 2.22. The molecule has 1 heterocycles. The Kier molecular flexibility index (Phi) is 3.29. The van der Waals surface area contributed by atoms with Crippen LogP contribution in [-0.2, 0) is 4.74 Å². The maximum atomic E-state index is 6.08. The van der Waals surface area contributed by atoms with E-state index in [9.17, 15) is 0 Å². The summed E-state index contributed by atoms with van der Waals surface area (Å²) < 4.78 is 5.37. The lowest BCUT2D eigenvalue weighted by atomic mass is 10.1. The smallest absolute Gasteiger partial charge is 0.0662 e. The number of rotatable bonds is 1. The highest BCUT2D eigenvalue weighted by Gasteiger charge is 2.17. The van der Waals surface area contributed by atoms with Gasteiger partial charge in [0, 0.05) is 16.6 Å². The molecule has 14 heavy (non-hydrogen) atoms. The van der Waals surface area contributed by atoms with Gasteiger partial charge in [-0.1, -0.05) is 29.3 Å². The predicted molar refractivity (Wildman–Crippen MR) is 58.0 cm³/mol. The molecule has 0 unspecified atom stereocenters. The number of morpholine rings is 1. The first-order valence-corrected chi connectivity index (χ1v) is 5.29. The number of nitrogens with one attached hydrogen (secondary N) is 1. The molecule has 1 aromatic carbocycles. The van der Waals surface area contributed by atoms with Crippen molar-refractivity contribution in [1.29, 1.82) is 0 Å². The number of benzene rings is 1. The van der Waals surface area contributed by atoms with Gasteiger partial charge in [-0.25, -0.2) is 0 Å². The van der Waals surface area contributed by atoms with Gasteiger partial charge in [0.15, 0.2) is 0 Å². The molecule has 1 N–H and O–H groups in total. The predicted octanol–water partition coefficient (Wildman–Crippen LogP) is 2.65. The zero-order valence-corrected chi connectivity index (χ0v) is 9.11. The van der Waals surface area contributed by atoms with Crippen LogP contribution >= 0.6 is 23.2 Å². The molecule has 1 saturated heterocycles. The third-order valence-electron chi connectivity index (χ3n) is 2.26. The lowest BCUT2D eigenvalue weighted by Gasteiger charge is -2.24. The van der Waals surface area contributed by atoms with Gasteiger partial charge >= 0.3 is 0 Å². The highest BCUT2D eigenvalue weighted by Crippen LogP contribution is 2.27. The fourth-order valence-corrected chi connectivity index (χ4v) is 2.09. The Morgan fingerprint density at radius 2 is 2.21 bits per heavy atom. The molecule has 1 aromatic rings. The van der Waals surface area contributed by atoms with Gasteiger partial charge in [-0.15, -0.1) is 0 Å². The van der Waals surface area contributed by atoms with E-state index in [2.05, 4.69) is 5.32 Å². The van der Waals surface area contributed by atoms with Crippen LogP contribution in [-0.4, -0.2) is 19.8 Å². The first-order chi connectivity index (χ1) is 6.77. The quantitative estimate of drug-likeness (QED) is 0.803. The monoisotopic (exact) mass is 231 g/mol. The van der Waals surface area contributed by atoms with Gasteiger partial charge in [-0.2, -0.15) is 0 Å². The van der Waals surface area contributed by atoms with E-state index in [0.29, 0.717) is 16.7 Å². The van der Waals surface area contributed by atoms with Crippen LogP contribution in [0.15, 0.2) is 18.2 Å². The molecule has 0 aliphatic carbocycles. The second kappa shape index (κ2) is 4.49. The van der Waals surface area contributed by atoms with E-state index in [1.165, 1.54) is 0 Å². The van der Waals surface area contributed by atoms with Gasteiger partial charge in [-0.05, 0) is 17.7 Å². The molecule has 4 heteroatoms. The third kappa shape index (κ3) is 2.20. The minimum absolute atomic E-state index is 0.188. The fraction of sp³-hybridized carbons (Fsp3) is 0.400. The summed E-state index contributed by atoms with van der Waals surface area (Å²) in [6, 6.07) is 5.73. The van der Waals surface area contributed by atoms with Crippen LogP contribution in [0.3, 0.4) is 0 Å². The first kappa shape index (κ1) is 10.2. The van der Waals surface area contributed by atoms with Crippen molar-refractivity contribution < 1.29 is 4.74 Å². The molecule has 76 valence electrons. The molecule has 0 saturated carbocycles. The topological polar surface area (TPSA) is 21.3 Å². The van der Waals surface area contributed by atoms with E-state index in [4.69, 9.17) is 27.9 Å². The van der Waals surface area contributed by atoms with Crippen molar-refractivity contribution in [3.05, 3.63) is 33.8 Å². The number of ether oxygens (including phenoxy) is 1. The Hall–Kier alpha value is -0.280. The lowest BCUT2D eigenvalue weighted by molar-refractivity contribution is 0.0769. The van der Waals surface area contributed by atoms with Crippen molar-refractivity contribution in [2.24, 2.45) is 0 Å². The summed E-state index contributed by atoms with van der Waals surface area (Å²) in [5, 5.41) is 4.70. The minimum atomic E-state index is 0.188. The maximum Gasteiger partial charge on any atom is 0.0662 e. The number of hydrogen-bond acceptors (Lipinski definition) is 2. The van der Waals surface area contributed by atoms with Crippen molar-refractivity contribution in [3.8, 4) is 0 Å². The summed E-state index contributed by atoms with van der Waals surface area (Å²) in [6.07, 6.45) is 0. The second-order valence-corrected chi connectivity index (χ2v) is 4.09. The Bertz CT molecular complexity index is 324. The summed E-state index contributed by atoms with van der Waals surface area (Å²) in [5.41, 5.74) is 1.05. The largest absolute Gasteiger partial charge is 0.378 e. The molecule has 2 rings (SSSR count). The SMILES string of the molecule is Clc1ccc([C@@H]2COCCN2)c(Cl)c1. The highest BCUT2D eigenvalue weighted by molar-refractivity contribution is 6.35. The molecule has 0 bridgehead atoms. The normalized spacial score (nSPS) is 22.3. The average molecular weight is 232 g/mol. The highest BCUT2D eigenvalue weighted by atomic mass is 35.5. The van der Waals surface area contributed by atoms with E-state index >= 15 is 0 Å². The summed E-state index contributed by atoms with van der Waals surface area (Å²) >= 11 is 11.9. The summed E-state index contributed by atoms with van der Waals surface area (Å²) in [7, 11) is 0. The number of halogens is 2. The van der Waals surface area contributed by atoms with Crippen molar-refractivity contribution in [2.45, 2.75) is 6.04 Å². The van der Waals surface area contributed by atoms with E-state index in [1.54, 1.807) is 6.07 Å². The van der Waals surface area contributed by atoms with Crippen molar-refractivity contribution in [3.63, 3.8) is 0 Å². The minimum Gasteiger partial charge on any atom is -0.378 e. The Labute approximate surface area is 93.2 Å².